The van der Waals surface area contributed by atoms with Crippen LogP contribution in [-0.4, -0.2) is 23.2 Å². The zero-order chi connectivity index (χ0) is 15.2. The standard InChI is InChI=1S/C16H22BrN3O/c1-4-7-18-9-14-10-19-12(2)20(14)11-13-5-6-16(21-3)15(17)8-13/h5-6,8,10,18H,4,7,9,11H2,1-3H3. The maximum Gasteiger partial charge on any atom is 0.133 e. The van der Waals surface area contributed by atoms with Gasteiger partial charge in [0.25, 0.3) is 0 Å². The number of aromatic nitrogens is 2. The minimum Gasteiger partial charge on any atom is -0.496 e. The van der Waals surface area contributed by atoms with E-state index in [9.17, 15) is 0 Å². The first-order valence-corrected chi connectivity index (χ1v) is 7.99. The highest BCUT2D eigenvalue weighted by atomic mass is 79.9. The van der Waals surface area contributed by atoms with Crippen molar-refractivity contribution in [2.75, 3.05) is 13.7 Å². The van der Waals surface area contributed by atoms with Crippen LogP contribution in [0.1, 0.15) is 30.4 Å². The number of ether oxygens (including phenoxy) is 1. The molecule has 1 heterocycles. The Morgan fingerprint density at radius 2 is 2.19 bits per heavy atom. The van der Waals surface area contributed by atoms with Gasteiger partial charge in [-0.25, -0.2) is 4.98 Å². The molecule has 0 spiro atoms. The molecule has 0 amide bonds. The summed E-state index contributed by atoms with van der Waals surface area (Å²) >= 11 is 3.54. The van der Waals surface area contributed by atoms with Gasteiger partial charge in [-0.3, -0.25) is 0 Å². The van der Waals surface area contributed by atoms with Gasteiger partial charge in [0.05, 0.1) is 17.3 Å². The van der Waals surface area contributed by atoms with Crippen LogP contribution in [-0.2, 0) is 13.1 Å². The summed E-state index contributed by atoms with van der Waals surface area (Å²) in [6, 6.07) is 6.18. The Kier molecular flexibility index (Phi) is 5.82. The molecule has 0 aliphatic rings. The Morgan fingerprint density at radius 3 is 2.86 bits per heavy atom. The molecule has 21 heavy (non-hydrogen) atoms. The van der Waals surface area contributed by atoms with Gasteiger partial charge in [-0.15, -0.1) is 0 Å². The van der Waals surface area contributed by atoms with E-state index in [-0.39, 0.29) is 0 Å². The molecule has 0 bridgehead atoms. The molecule has 0 saturated carbocycles. The predicted octanol–water partition coefficient (Wildman–Crippen LogP) is 3.51. The molecule has 0 radical (unpaired) electrons. The van der Waals surface area contributed by atoms with Gasteiger partial charge >= 0.3 is 0 Å². The number of hydrogen-bond acceptors (Lipinski definition) is 3. The van der Waals surface area contributed by atoms with Crippen molar-refractivity contribution < 1.29 is 4.74 Å². The summed E-state index contributed by atoms with van der Waals surface area (Å²) in [4.78, 5) is 4.43. The maximum absolute atomic E-state index is 5.27. The van der Waals surface area contributed by atoms with Gasteiger partial charge in [-0.05, 0) is 53.5 Å². The van der Waals surface area contributed by atoms with Crippen LogP contribution in [0.25, 0.3) is 0 Å². The molecule has 5 heteroatoms. The normalized spacial score (nSPS) is 10.9. The summed E-state index contributed by atoms with van der Waals surface area (Å²) in [7, 11) is 1.68. The number of benzene rings is 1. The lowest BCUT2D eigenvalue weighted by Gasteiger charge is -2.12. The molecule has 2 rings (SSSR count). The van der Waals surface area contributed by atoms with Crippen molar-refractivity contribution in [1.82, 2.24) is 14.9 Å². The number of aryl methyl sites for hydroxylation is 1. The van der Waals surface area contributed by atoms with Crippen molar-refractivity contribution >= 4 is 15.9 Å². The third-order valence-electron chi connectivity index (χ3n) is 3.43. The first-order valence-electron chi connectivity index (χ1n) is 7.19. The first-order chi connectivity index (χ1) is 10.2. The summed E-state index contributed by atoms with van der Waals surface area (Å²) < 4.78 is 8.50. The third kappa shape index (κ3) is 4.08. The van der Waals surface area contributed by atoms with E-state index < -0.39 is 0 Å². The van der Waals surface area contributed by atoms with E-state index in [0.29, 0.717) is 0 Å². The number of rotatable bonds is 7. The number of hydrogen-bond donors (Lipinski definition) is 1. The second-order valence-corrected chi connectivity index (χ2v) is 5.88. The van der Waals surface area contributed by atoms with Gasteiger partial charge in [0.1, 0.15) is 11.6 Å². The average Bonchev–Trinajstić information content (AvgIpc) is 2.81. The zero-order valence-electron chi connectivity index (χ0n) is 12.8. The fraction of sp³-hybridized carbons (Fsp3) is 0.438. The van der Waals surface area contributed by atoms with Gasteiger partial charge in [0.15, 0.2) is 0 Å². The maximum atomic E-state index is 5.27. The summed E-state index contributed by atoms with van der Waals surface area (Å²) in [5.41, 5.74) is 2.44. The second-order valence-electron chi connectivity index (χ2n) is 5.03. The van der Waals surface area contributed by atoms with Crippen LogP contribution < -0.4 is 10.1 Å². The van der Waals surface area contributed by atoms with Crippen LogP contribution in [0.15, 0.2) is 28.9 Å². The Morgan fingerprint density at radius 1 is 1.38 bits per heavy atom. The van der Waals surface area contributed by atoms with E-state index in [1.165, 1.54) is 11.3 Å². The van der Waals surface area contributed by atoms with Gasteiger partial charge < -0.3 is 14.6 Å². The minimum absolute atomic E-state index is 0.817. The summed E-state index contributed by atoms with van der Waals surface area (Å²) in [6.07, 6.45) is 3.09. The average molecular weight is 352 g/mol. The van der Waals surface area contributed by atoms with Crippen LogP contribution in [0.3, 0.4) is 0 Å². The SMILES string of the molecule is CCCNCc1cnc(C)n1Cc1ccc(OC)c(Br)c1. The van der Waals surface area contributed by atoms with Crippen molar-refractivity contribution in [3.63, 3.8) is 0 Å². The first kappa shape index (κ1) is 16.0. The quantitative estimate of drug-likeness (QED) is 0.775. The molecular formula is C16H22BrN3O. The summed E-state index contributed by atoms with van der Waals surface area (Å²) in [6.45, 7) is 6.91. The number of nitrogens with zero attached hydrogens (tertiary/aromatic N) is 2. The molecule has 4 nitrogen and oxygen atoms in total. The zero-order valence-corrected chi connectivity index (χ0v) is 14.4. The molecule has 1 aromatic heterocycles. The van der Waals surface area contributed by atoms with Crippen LogP contribution in [0.4, 0.5) is 0 Å². The number of halogens is 1. The fourth-order valence-corrected chi connectivity index (χ4v) is 2.84. The Hall–Kier alpha value is -1.33. The molecule has 2 aromatic rings. The lowest BCUT2D eigenvalue weighted by atomic mass is 10.2. The van der Waals surface area contributed by atoms with E-state index in [0.717, 1.165) is 42.1 Å². The molecule has 0 fully saturated rings. The van der Waals surface area contributed by atoms with E-state index in [1.54, 1.807) is 7.11 Å². The molecule has 1 N–H and O–H groups in total. The van der Waals surface area contributed by atoms with Crippen molar-refractivity contribution in [3.8, 4) is 5.75 Å². The van der Waals surface area contributed by atoms with Gasteiger partial charge in [0, 0.05) is 19.3 Å². The fourth-order valence-electron chi connectivity index (χ4n) is 2.26. The summed E-state index contributed by atoms with van der Waals surface area (Å²) in [5, 5.41) is 3.43. The molecule has 114 valence electrons. The Bertz CT molecular complexity index is 595. The van der Waals surface area contributed by atoms with Crippen molar-refractivity contribution in [2.24, 2.45) is 0 Å². The van der Waals surface area contributed by atoms with Crippen LogP contribution >= 0.6 is 15.9 Å². The van der Waals surface area contributed by atoms with Crippen LogP contribution in [0.2, 0.25) is 0 Å². The highest BCUT2D eigenvalue weighted by Crippen LogP contribution is 2.26. The Labute approximate surface area is 134 Å². The van der Waals surface area contributed by atoms with E-state index >= 15 is 0 Å². The van der Waals surface area contributed by atoms with E-state index in [1.807, 2.05) is 19.2 Å². The number of nitrogens with one attached hydrogen (secondary N) is 1. The monoisotopic (exact) mass is 351 g/mol. The highest BCUT2D eigenvalue weighted by molar-refractivity contribution is 9.10. The van der Waals surface area contributed by atoms with Crippen molar-refractivity contribution in [1.29, 1.82) is 0 Å². The van der Waals surface area contributed by atoms with Crippen LogP contribution in [0, 0.1) is 6.92 Å². The van der Waals surface area contributed by atoms with Crippen molar-refractivity contribution in [3.05, 3.63) is 46.0 Å². The van der Waals surface area contributed by atoms with Gasteiger partial charge in [0.2, 0.25) is 0 Å². The van der Waals surface area contributed by atoms with E-state index in [2.05, 4.69) is 49.9 Å². The molecule has 0 atom stereocenters. The van der Waals surface area contributed by atoms with Gasteiger partial charge in [-0.2, -0.15) is 0 Å². The highest BCUT2D eigenvalue weighted by Gasteiger charge is 2.08. The minimum atomic E-state index is 0.817. The van der Waals surface area contributed by atoms with E-state index in [4.69, 9.17) is 4.74 Å². The molecule has 1 aromatic carbocycles. The lowest BCUT2D eigenvalue weighted by molar-refractivity contribution is 0.412. The van der Waals surface area contributed by atoms with Gasteiger partial charge in [-0.1, -0.05) is 13.0 Å². The Balaban J connectivity index is 2.15. The van der Waals surface area contributed by atoms with Crippen LogP contribution in [0.5, 0.6) is 5.75 Å². The number of imidazole rings is 1. The molecule has 0 saturated heterocycles. The van der Waals surface area contributed by atoms with Crippen molar-refractivity contribution in [2.45, 2.75) is 33.4 Å². The topological polar surface area (TPSA) is 39.1 Å². The largest absolute Gasteiger partial charge is 0.496 e. The predicted molar refractivity (Wildman–Crippen MR) is 88.8 cm³/mol. The summed E-state index contributed by atoms with van der Waals surface area (Å²) in [5.74, 6) is 1.89. The number of methoxy groups -OCH3 is 1. The molecule has 0 aliphatic carbocycles. The molecular weight excluding hydrogens is 330 g/mol. The molecule has 0 unspecified atom stereocenters. The third-order valence-corrected chi connectivity index (χ3v) is 4.05. The smallest absolute Gasteiger partial charge is 0.133 e. The molecule has 0 aliphatic heterocycles. The lowest BCUT2D eigenvalue weighted by Crippen LogP contribution is -2.17. The second kappa shape index (κ2) is 7.61.